The second kappa shape index (κ2) is 8.76. The summed E-state index contributed by atoms with van der Waals surface area (Å²) in [5.41, 5.74) is 5.92. The lowest BCUT2D eigenvalue weighted by molar-refractivity contribution is -0.127. The van der Waals surface area contributed by atoms with Crippen molar-refractivity contribution >= 4 is 5.95 Å². The number of nitrogens with one attached hydrogen (secondary N) is 2. The summed E-state index contributed by atoms with van der Waals surface area (Å²) in [6, 6.07) is 0.596. The van der Waals surface area contributed by atoms with Crippen LogP contribution in [0, 0.1) is 0 Å². The van der Waals surface area contributed by atoms with Crippen LogP contribution in [0.1, 0.15) is 59.1 Å². The van der Waals surface area contributed by atoms with Crippen LogP contribution in [0.3, 0.4) is 0 Å². The Labute approximate surface area is 125 Å². The maximum atomic E-state index is 11.5. The number of rotatable bonds is 1. The van der Waals surface area contributed by atoms with Crippen molar-refractivity contribution in [3.05, 3.63) is 22.1 Å². The van der Waals surface area contributed by atoms with Crippen LogP contribution in [0.2, 0.25) is 0 Å². The highest BCUT2D eigenvalue weighted by molar-refractivity contribution is 5.20. The van der Waals surface area contributed by atoms with Crippen molar-refractivity contribution in [1.29, 1.82) is 0 Å². The molecule has 0 spiro atoms. The van der Waals surface area contributed by atoms with Crippen LogP contribution in [0.4, 0.5) is 5.95 Å². The molecule has 0 bridgehead atoms. The van der Waals surface area contributed by atoms with Crippen LogP contribution in [-0.2, 0) is 0 Å². The molecule has 0 amide bonds. The quantitative estimate of drug-likeness (QED) is 0.491. The molecule has 122 valence electrons. The molecule has 2 rings (SSSR count). The van der Waals surface area contributed by atoms with Gasteiger partial charge < -0.3 is 21.3 Å². The molecule has 1 aromatic heterocycles. The average molecular weight is 300 g/mol. The number of aliphatic hydroxyl groups is 2. The second-order valence-electron chi connectivity index (χ2n) is 5.24. The molecule has 2 unspecified atom stereocenters. The van der Waals surface area contributed by atoms with Crippen LogP contribution in [0.15, 0.2) is 11.0 Å². The van der Waals surface area contributed by atoms with E-state index in [1.54, 1.807) is 6.20 Å². The normalized spacial score (nSPS) is 20.9. The maximum Gasteiger partial charge on any atom is 0.257 e. The Morgan fingerprint density at radius 2 is 1.86 bits per heavy atom. The average Bonchev–Trinajstić information content (AvgIpc) is 2.76. The minimum Gasteiger partial charge on any atom is -0.369 e. The molecule has 21 heavy (non-hydrogen) atoms. The van der Waals surface area contributed by atoms with E-state index in [-0.39, 0.29) is 17.5 Å². The smallest absolute Gasteiger partial charge is 0.257 e. The van der Waals surface area contributed by atoms with Crippen molar-refractivity contribution in [3.8, 4) is 0 Å². The van der Waals surface area contributed by atoms with Crippen LogP contribution in [-0.4, -0.2) is 32.0 Å². The number of nitrogen functional groups attached to an aromatic ring is 1. The van der Waals surface area contributed by atoms with Crippen molar-refractivity contribution in [3.63, 3.8) is 0 Å². The number of nitrogens with zero attached hydrogens (tertiary/aromatic N) is 1. The highest BCUT2D eigenvalue weighted by atomic mass is 16.5. The molecule has 1 aliphatic heterocycles. The Bertz CT molecular complexity index is 462. The summed E-state index contributed by atoms with van der Waals surface area (Å²) in [7, 11) is 0. The van der Waals surface area contributed by atoms with Crippen molar-refractivity contribution < 1.29 is 10.2 Å². The summed E-state index contributed by atoms with van der Waals surface area (Å²) in [5.74, 6) is -1.33. The largest absolute Gasteiger partial charge is 0.369 e. The third kappa shape index (κ3) is 8.44. The van der Waals surface area contributed by atoms with E-state index < -0.39 is 5.79 Å². The number of hydrogen-bond acceptors (Lipinski definition) is 6. The molecular formula is C14H28N4O3. The van der Waals surface area contributed by atoms with E-state index in [2.05, 4.69) is 22.2 Å². The minimum atomic E-state index is -1.50. The van der Waals surface area contributed by atoms with E-state index in [0.29, 0.717) is 11.6 Å². The highest BCUT2D eigenvalue weighted by Gasteiger charge is 2.23. The first-order chi connectivity index (χ1) is 9.66. The molecule has 0 radical (unpaired) electrons. The zero-order valence-electron chi connectivity index (χ0n) is 13.5. The first-order valence-electron chi connectivity index (χ1n) is 7.22. The Hall–Kier alpha value is -1.44. The molecule has 7 heteroatoms. The number of aromatic nitrogens is 2. The van der Waals surface area contributed by atoms with Crippen LogP contribution in [0.5, 0.6) is 0 Å². The van der Waals surface area contributed by atoms with E-state index in [1.807, 2.05) is 13.8 Å². The summed E-state index contributed by atoms with van der Waals surface area (Å²) in [6.07, 6.45) is 3.63. The fourth-order valence-corrected chi connectivity index (χ4v) is 1.84. The Kier molecular flexibility index (Phi) is 8.16. The fourth-order valence-electron chi connectivity index (χ4n) is 1.84. The standard InChI is InChI=1S/C9H14N4O.C3H8O2.C2H6/c1-5-2-3-7(12-5)6-4-11-9(10)13-8(6)14;1-3(2,4)5;1-2/h4-5,7,12H,2-3H2,1H3,(H3,10,11,13,14);4-5H,1-2H3;1-2H3. The molecule has 1 aliphatic rings. The van der Waals surface area contributed by atoms with Crippen molar-refractivity contribution in [2.24, 2.45) is 0 Å². The lowest BCUT2D eigenvalue weighted by atomic mass is 10.1. The Morgan fingerprint density at radius 1 is 1.33 bits per heavy atom. The van der Waals surface area contributed by atoms with Crippen molar-refractivity contribution in [2.75, 3.05) is 5.73 Å². The van der Waals surface area contributed by atoms with Crippen molar-refractivity contribution in [2.45, 2.75) is 65.3 Å². The van der Waals surface area contributed by atoms with E-state index in [1.165, 1.54) is 13.8 Å². The molecule has 1 fully saturated rings. The molecule has 2 atom stereocenters. The number of nitrogens with two attached hydrogens (primary N) is 1. The SMILES string of the molecule is CC.CC(C)(O)O.CC1CCC(c2cnc(N)[nH]c2=O)N1. The van der Waals surface area contributed by atoms with E-state index in [0.717, 1.165) is 12.8 Å². The van der Waals surface area contributed by atoms with Gasteiger partial charge in [-0.25, -0.2) is 4.98 Å². The Balaban J connectivity index is 0.000000489. The van der Waals surface area contributed by atoms with Crippen LogP contribution in [0.25, 0.3) is 0 Å². The molecule has 1 saturated heterocycles. The molecule has 1 aromatic rings. The zero-order chi connectivity index (χ0) is 16.6. The molecule has 7 nitrogen and oxygen atoms in total. The number of anilines is 1. The fraction of sp³-hybridized carbons (Fsp3) is 0.714. The molecule has 2 heterocycles. The van der Waals surface area contributed by atoms with Gasteiger partial charge in [0.2, 0.25) is 0 Å². The maximum absolute atomic E-state index is 11.5. The van der Waals surface area contributed by atoms with Gasteiger partial charge in [0.15, 0.2) is 11.7 Å². The third-order valence-electron chi connectivity index (χ3n) is 2.60. The van der Waals surface area contributed by atoms with Gasteiger partial charge >= 0.3 is 0 Å². The highest BCUT2D eigenvalue weighted by Crippen LogP contribution is 2.23. The van der Waals surface area contributed by atoms with Gasteiger partial charge in [0, 0.05) is 18.3 Å². The van der Waals surface area contributed by atoms with Gasteiger partial charge in [-0.3, -0.25) is 9.78 Å². The van der Waals surface area contributed by atoms with E-state index >= 15 is 0 Å². The summed E-state index contributed by atoms with van der Waals surface area (Å²) < 4.78 is 0. The summed E-state index contributed by atoms with van der Waals surface area (Å²) in [6.45, 7) is 8.71. The molecule has 0 saturated carbocycles. The predicted octanol–water partition coefficient (Wildman–Crippen LogP) is 0.898. The summed E-state index contributed by atoms with van der Waals surface area (Å²) in [4.78, 5) is 17.9. The molecule has 0 aliphatic carbocycles. The van der Waals surface area contributed by atoms with Gasteiger partial charge in [-0.2, -0.15) is 0 Å². The van der Waals surface area contributed by atoms with Gasteiger partial charge in [0.05, 0.1) is 5.56 Å². The van der Waals surface area contributed by atoms with Gasteiger partial charge in [-0.1, -0.05) is 13.8 Å². The van der Waals surface area contributed by atoms with E-state index in [9.17, 15) is 4.79 Å². The third-order valence-corrected chi connectivity index (χ3v) is 2.60. The molecule has 6 N–H and O–H groups in total. The van der Waals surface area contributed by atoms with Crippen LogP contribution < -0.4 is 16.6 Å². The Morgan fingerprint density at radius 3 is 2.24 bits per heavy atom. The van der Waals surface area contributed by atoms with Gasteiger partial charge in [-0.15, -0.1) is 0 Å². The lowest BCUT2D eigenvalue weighted by Crippen LogP contribution is -2.27. The molecular weight excluding hydrogens is 272 g/mol. The van der Waals surface area contributed by atoms with E-state index in [4.69, 9.17) is 15.9 Å². The lowest BCUT2D eigenvalue weighted by Gasteiger charge is -2.10. The summed E-state index contributed by atoms with van der Waals surface area (Å²) in [5, 5.41) is 19.5. The summed E-state index contributed by atoms with van der Waals surface area (Å²) >= 11 is 0. The predicted molar refractivity (Wildman–Crippen MR) is 83.7 cm³/mol. The number of hydrogen-bond donors (Lipinski definition) is 5. The zero-order valence-corrected chi connectivity index (χ0v) is 13.5. The topological polar surface area (TPSA) is 124 Å². The molecule has 0 aromatic carbocycles. The first kappa shape index (κ1) is 19.6. The van der Waals surface area contributed by atoms with Crippen LogP contribution >= 0.6 is 0 Å². The second-order valence-corrected chi connectivity index (χ2v) is 5.24. The monoisotopic (exact) mass is 300 g/mol. The van der Waals surface area contributed by atoms with Gasteiger partial charge in [0.25, 0.3) is 5.56 Å². The van der Waals surface area contributed by atoms with Gasteiger partial charge in [-0.05, 0) is 33.6 Å². The number of H-pyrrole nitrogens is 1. The van der Waals surface area contributed by atoms with Gasteiger partial charge in [0.1, 0.15) is 0 Å². The number of aromatic amines is 1. The minimum absolute atomic E-state index is 0.127. The van der Waals surface area contributed by atoms with Crippen molar-refractivity contribution in [1.82, 2.24) is 15.3 Å². The first-order valence-corrected chi connectivity index (χ1v) is 7.22.